The van der Waals surface area contributed by atoms with Crippen molar-refractivity contribution in [3.05, 3.63) is 243 Å². The minimum atomic E-state index is 0.0950. The number of hydrogen-bond donors (Lipinski definition) is 0. The van der Waals surface area contributed by atoms with E-state index in [4.69, 9.17) is 0 Å². The van der Waals surface area contributed by atoms with Crippen LogP contribution in [0.2, 0.25) is 0 Å². The van der Waals surface area contributed by atoms with Crippen molar-refractivity contribution >= 4 is 147 Å². The zero-order valence-electron chi connectivity index (χ0n) is 39.9. The van der Waals surface area contributed by atoms with Crippen molar-refractivity contribution in [2.24, 2.45) is 0 Å². The average Bonchev–Trinajstić information content (AvgIpc) is 4.04. The molecule has 0 N–H and O–H groups in total. The lowest BCUT2D eigenvalue weighted by Gasteiger charge is -2.34. The highest BCUT2D eigenvalue weighted by atomic mass is 32.2. The van der Waals surface area contributed by atoms with Crippen molar-refractivity contribution in [3.8, 4) is 11.4 Å². The van der Waals surface area contributed by atoms with Crippen LogP contribution in [0.25, 0.3) is 55.0 Å². The van der Waals surface area contributed by atoms with Gasteiger partial charge in [0.2, 0.25) is 13.4 Å². The molecule has 0 fully saturated rings. The fourth-order valence-electron chi connectivity index (χ4n) is 13.3. The van der Waals surface area contributed by atoms with Gasteiger partial charge in [0.05, 0.1) is 11.0 Å². The predicted octanol–water partition coefficient (Wildman–Crippen LogP) is 13.4. The second-order valence-electron chi connectivity index (χ2n) is 19.9. The molecule has 0 aliphatic carbocycles. The SMILES string of the molecule is c1ccc(N(c2ccccc2)c2ccc3c(c2)Sc2cccc4c2B3c2cccc3c5c6c7cccc8c7n(c6ccc5n-4c23)-c2cccc3c2B8c2ccc(N(c4ccccc4)c4ccccc4)cc2S3)cc1. The Morgan fingerprint density at radius 1 is 0.297 bits per heavy atom. The van der Waals surface area contributed by atoms with Gasteiger partial charge in [-0.25, -0.2) is 0 Å². The lowest BCUT2D eigenvalue weighted by Crippen LogP contribution is -2.58. The lowest BCUT2D eigenvalue weighted by molar-refractivity contribution is 1.16. The molecular weight excluding hydrogens is 935 g/mol. The highest BCUT2D eigenvalue weighted by molar-refractivity contribution is 8.00. The third-order valence-electron chi connectivity index (χ3n) is 16.2. The van der Waals surface area contributed by atoms with Crippen LogP contribution in [0.5, 0.6) is 0 Å². The van der Waals surface area contributed by atoms with Crippen LogP contribution < -0.4 is 42.6 Å². The number of fused-ring (bicyclic) bond motifs is 15. The van der Waals surface area contributed by atoms with Crippen LogP contribution in [0.3, 0.4) is 0 Å². The summed E-state index contributed by atoms with van der Waals surface area (Å²) in [6.45, 7) is 0.190. The van der Waals surface area contributed by atoms with Gasteiger partial charge in [-0.3, -0.25) is 0 Å². The summed E-state index contributed by atoms with van der Waals surface area (Å²) in [5.41, 5.74) is 22.8. The highest BCUT2D eigenvalue weighted by Crippen LogP contribution is 2.47. The summed E-state index contributed by atoms with van der Waals surface area (Å²) < 4.78 is 5.21. The first-order valence-corrected chi connectivity index (χ1v) is 27.1. The average molecular weight is 975 g/mol. The van der Waals surface area contributed by atoms with Gasteiger partial charge in [-0.1, -0.05) is 168 Å². The molecule has 4 aliphatic heterocycles. The van der Waals surface area contributed by atoms with Gasteiger partial charge in [0, 0.05) is 97.7 Å². The maximum atomic E-state index is 2.61. The smallest absolute Gasteiger partial charge is 0.249 e. The normalized spacial score (nSPS) is 13.2. The van der Waals surface area contributed by atoms with Crippen molar-refractivity contribution in [2.45, 2.75) is 19.6 Å². The van der Waals surface area contributed by atoms with Crippen molar-refractivity contribution in [1.29, 1.82) is 0 Å². The molecule has 11 aromatic carbocycles. The summed E-state index contributed by atoms with van der Waals surface area (Å²) >= 11 is 3.83. The van der Waals surface area contributed by atoms with Crippen LogP contribution in [0.4, 0.5) is 34.1 Å². The van der Waals surface area contributed by atoms with Crippen LogP contribution in [0.15, 0.2) is 262 Å². The second kappa shape index (κ2) is 15.5. The van der Waals surface area contributed by atoms with Gasteiger partial charge >= 0.3 is 0 Å². The number of rotatable bonds is 6. The van der Waals surface area contributed by atoms with E-state index in [1.54, 1.807) is 0 Å². The maximum Gasteiger partial charge on any atom is 0.249 e. The molecule has 2 aromatic heterocycles. The number of aromatic nitrogens is 2. The molecule has 342 valence electrons. The Morgan fingerprint density at radius 3 is 1.07 bits per heavy atom. The summed E-state index contributed by atoms with van der Waals surface area (Å²) in [7, 11) is 0. The van der Waals surface area contributed by atoms with E-state index in [1.807, 2.05) is 23.5 Å². The molecule has 0 spiro atoms. The first kappa shape index (κ1) is 41.0. The molecule has 4 aliphatic rings. The highest BCUT2D eigenvalue weighted by Gasteiger charge is 2.42. The van der Waals surface area contributed by atoms with Crippen molar-refractivity contribution in [2.75, 3.05) is 9.80 Å². The number of anilines is 6. The van der Waals surface area contributed by atoms with Crippen molar-refractivity contribution in [1.82, 2.24) is 9.13 Å². The van der Waals surface area contributed by atoms with Gasteiger partial charge < -0.3 is 18.9 Å². The maximum absolute atomic E-state index is 2.61. The molecule has 17 rings (SSSR count). The topological polar surface area (TPSA) is 16.3 Å². The summed E-state index contributed by atoms with van der Waals surface area (Å²) in [5.74, 6) is 0. The van der Waals surface area contributed by atoms with Gasteiger partial charge in [-0.15, -0.1) is 0 Å². The summed E-state index contributed by atoms with van der Waals surface area (Å²) in [6, 6.07) is 90.3. The monoisotopic (exact) mass is 974 g/mol. The van der Waals surface area contributed by atoms with Gasteiger partial charge in [0.25, 0.3) is 0 Å². The fourth-order valence-corrected chi connectivity index (χ4v) is 15.7. The molecule has 0 saturated heterocycles. The first-order chi connectivity index (χ1) is 36.7. The van der Waals surface area contributed by atoms with Gasteiger partial charge in [-0.05, 0) is 131 Å². The van der Waals surface area contributed by atoms with E-state index in [2.05, 4.69) is 262 Å². The number of nitrogens with zero attached hydrogens (tertiary/aromatic N) is 4. The van der Waals surface area contributed by atoms with Crippen molar-refractivity contribution in [3.63, 3.8) is 0 Å². The molecule has 0 unspecified atom stereocenters. The molecule has 6 heterocycles. The minimum Gasteiger partial charge on any atom is -0.310 e. The van der Waals surface area contributed by atoms with E-state index in [1.165, 1.54) is 107 Å². The van der Waals surface area contributed by atoms with Crippen LogP contribution >= 0.6 is 23.5 Å². The Bertz CT molecular complexity index is 4150. The Hall–Kier alpha value is -8.55. The van der Waals surface area contributed by atoms with E-state index in [0.29, 0.717) is 0 Å². The van der Waals surface area contributed by atoms with Crippen LogP contribution in [0, 0.1) is 0 Å². The molecule has 0 saturated carbocycles. The fraction of sp³-hybridized carbons (Fsp3) is 0. The third kappa shape index (κ3) is 5.59. The summed E-state index contributed by atoms with van der Waals surface area (Å²) in [6.07, 6.45) is 0. The molecule has 0 atom stereocenters. The van der Waals surface area contributed by atoms with Crippen LogP contribution in [0.1, 0.15) is 0 Å². The predicted molar refractivity (Wildman–Crippen MR) is 315 cm³/mol. The zero-order chi connectivity index (χ0) is 48.2. The van der Waals surface area contributed by atoms with E-state index >= 15 is 0 Å². The van der Waals surface area contributed by atoms with E-state index in [-0.39, 0.29) is 13.4 Å². The molecule has 74 heavy (non-hydrogen) atoms. The zero-order valence-corrected chi connectivity index (χ0v) is 41.5. The second-order valence-corrected chi connectivity index (χ2v) is 22.1. The number of benzene rings is 11. The molecule has 13 aromatic rings. The first-order valence-electron chi connectivity index (χ1n) is 25.5. The standard InChI is InChI=1S/C66H40B2N4S2/c1-5-17-41(18-6-1)69(42-19-7-2-8-20-42)45-33-35-49-59(39-45)73-57-31-15-29-55-63(57)67(49)51-27-13-25-47-61-53(71(55)65(47)51)37-38-54-62(61)48-26-14-28-52-66(48)72(54)56-30-16-32-58-64(56)68(52)50-36-34-46(40-60(50)74-58)70(43-21-9-3-10-22-43)44-23-11-4-12-24-44/h1-40H. The molecule has 0 amide bonds. The quantitative estimate of drug-likeness (QED) is 0.154. The van der Waals surface area contributed by atoms with Gasteiger partial charge in [-0.2, -0.15) is 0 Å². The van der Waals surface area contributed by atoms with E-state index < -0.39 is 0 Å². The van der Waals surface area contributed by atoms with Gasteiger partial charge in [0.1, 0.15) is 0 Å². The molecule has 4 nitrogen and oxygen atoms in total. The Kier molecular flexibility index (Phi) is 8.57. The molecule has 8 heteroatoms. The third-order valence-corrected chi connectivity index (χ3v) is 18.5. The van der Waals surface area contributed by atoms with E-state index in [9.17, 15) is 0 Å². The van der Waals surface area contributed by atoms with E-state index in [0.717, 1.165) is 34.1 Å². The Balaban J connectivity index is 0.861. The largest absolute Gasteiger partial charge is 0.310 e. The van der Waals surface area contributed by atoms with Crippen molar-refractivity contribution < 1.29 is 0 Å². The molecule has 0 radical (unpaired) electrons. The lowest BCUT2D eigenvalue weighted by atomic mass is 9.35. The number of para-hydroxylation sites is 6. The summed E-state index contributed by atoms with van der Waals surface area (Å²) in [5, 5.41) is 5.27. The minimum absolute atomic E-state index is 0.0950. The van der Waals surface area contributed by atoms with Gasteiger partial charge in [0.15, 0.2) is 0 Å². The summed E-state index contributed by atoms with van der Waals surface area (Å²) in [4.78, 5) is 10.0. The number of hydrogen-bond acceptors (Lipinski definition) is 4. The molecule has 0 bridgehead atoms. The Morgan fingerprint density at radius 2 is 0.676 bits per heavy atom. The molecular formula is C66H40B2N4S2. The van der Waals surface area contributed by atoms with Crippen LogP contribution in [-0.2, 0) is 0 Å². The van der Waals surface area contributed by atoms with Crippen LogP contribution in [-0.4, -0.2) is 22.6 Å². The Labute approximate surface area is 437 Å².